The van der Waals surface area contributed by atoms with E-state index in [1.165, 1.54) is 30.2 Å². The zero-order valence-electron chi connectivity index (χ0n) is 11.0. The molecular formula is C13H24N2S. The first-order valence-electron chi connectivity index (χ1n) is 6.47. The summed E-state index contributed by atoms with van der Waals surface area (Å²) in [4.78, 5) is 4.74. The maximum Gasteiger partial charge on any atom is 0.157 e. The lowest BCUT2D eigenvalue weighted by molar-refractivity contribution is 0.407. The molecule has 1 aliphatic carbocycles. The predicted molar refractivity (Wildman–Crippen MR) is 73.1 cm³/mol. The quantitative estimate of drug-likeness (QED) is 0.815. The van der Waals surface area contributed by atoms with Crippen molar-refractivity contribution in [2.45, 2.75) is 52.5 Å². The molecular weight excluding hydrogens is 216 g/mol. The molecule has 92 valence electrons. The lowest BCUT2D eigenvalue weighted by Gasteiger charge is -2.25. The highest BCUT2D eigenvalue weighted by atomic mass is 32.2. The Balaban J connectivity index is 1.86. The molecule has 1 heterocycles. The second-order valence-corrected chi connectivity index (χ2v) is 6.90. The summed E-state index contributed by atoms with van der Waals surface area (Å²) in [5, 5.41) is 4.81. The molecule has 1 saturated heterocycles. The average Bonchev–Trinajstić information content (AvgIpc) is 2.73. The van der Waals surface area contributed by atoms with Crippen LogP contribution in [0.2, 0.25) is 0 Å². The van der Waals surface area contributed by atoms with Crippen LogP contribution in [0.15, 0.2) is 4.99 Å². The lowest BCUT2D eigenvalue weighted by Crippen LogP contribution is -2.42. The van der Waals surface area contributed by atoms with Gasteiger partial charge in [0.1, 0.15) is 0 Å². The van der Waals surface area contributed by atoms with Crippen molar-refractivity contribution < 1.29 is 0 Å². The van der Waals surface area contributed by atoms with Gasteiger partial charge >= 0.3 is 0 Å². The van der Waals surface area contributed by atoms with Gasteiger partial charge in [-0.15, -0.1) is 0 Å². The molecule has 2 rings (SSSR count). The summed E-state index contributed by atoms with van der Waals surface area (Å²) in [6.07, 6.45) is 3.75. The Bertz CT molecular complexity index is 292. The molecule has 1 N–H and O–H groups in total. The van der Waals surface area contributed by atoms with E-state index in [-0.39, 0.29) is 0 Å². The highest BCUT2D eigenvalue weighted by molar-refractivity contribution is 8.14. The first-order valence-corrected chi connectivity index (χ1v) is 7.45. The van der Waals surface area contributed by atoms with Crippen LogP contribution in [-0.2, 0) is 0 Å². The number of thioether (sulfide) groups is 1. The van der Waals surface area contributed by atoms with E-state index in [0.29, 0.717) is 11.0 Å². The summed E-state index contributed by atoms with van der Waals surface area (Å²) in [6.45, 7) is 10.2. The minimum Gasteiger partial charge on any atom is -0.359 e. The normalized spacial score (nSPS) is 32.8. The molecule has 2 fully saturated rings. The fourth-order valence-electron chi connectivity index (χ4n) is 2.30. The lowest BCUT2D eigenvalue weighted by atomic mass is 9.96. The zero-order valence-corrected chi connectivity index (χ0v) is 11.8. The molecule has 0 aromatic heterocycles. The van der Waals surface area contributed by atoms with Crippen LogP contribution in [0.1, 0.15) is 47.0 Å². The van der Waals surface area contributed by atoms with Crippen molar-refractivity contribution in [1.82, 2.24) is 5.32 Å². The Morgan fingerprint density at radius 3 is 2.44 bits per heavy atom. The fourth-order valence-corrected chi connectivity index (χ4v) is 3.65. The van der Waals surface area contributed by atoms with Gasteiger partial charge in [0.2, 0.25) is 0 Å². The number of amidine groups is 1. The highest BCUT2D eigenvalue weighted by Gasteiger charge is 2.45. The molecule has 2 nitrogen and oxygen atoms in total. The summed E-state index contributed by atoms with van der Waals surface area (Å²) in [6, 6.07) is 0. The minimum atomic E-state index is 0.322. The monoisotopic (exact) mass is 240 g/mol. The standard InChI is InChI=1S/C13H24N2S/c1-5-13(6-2)9-16-11(15-13)14-8-10-7-12(10,3)4/h10H,5-9H2,1-4H3,(H,14,15). The van der Waals surface area contributed by atoms with Crippen LogP contribution < -0.4 is 5.32 Å². The molecule has 0 amide bonds. The number of hydrogen-bond acceptors (Lipinski definition) is 2. The minimum absolute atomic E-state index is 0.322. The van der Waals surface area contributed by atoms with Crippen molar-refractivity contribution in [3.05, 3.63) is 0 Å². The Kier molecular flexibility index (Phi) is 3.26. The topological polar surface area (TPSA) is 24.4 Å². The first-order chi connectivity index (χ1) is 7.51. The molecule has 1 atom stereocenters. The van der Waals surface area contributed by atoms with Crippen molar-refractivity contribution in [3.63, 3.8) is 0 Å². The van der Waals surface area contributed by atoms with Gasteiger partial charge in [-0.3, -0.25) is 4.99 Å². The number of nitrogens with one attached hydrogen (secondary N) is 1. The Labute approximate surface area is 104 Å². The average molecular weight is 240 g/mol. The molecule has 1 unspecified atom stereocenters. The van der Waals surface area contributed by atoms with Crippen LogP contribution in [0.4, 0.5) is 0 Å². The Hall–Kier alpha value is -0.180. The van der Waals surface area contributed by atoms with Crippen LogP contribution in [0.25, 0.3) is 0 Å². The van der Waals surface area contributed by atoms with E-state index >= 15 is 0 Å². The molecule has 0 bridgehead atoms. The number of nitrogens with zero attached hydrogens (tertiary/aromatic N) is 1. The molecule has 2 aliphatic rings. The van der Waals surface area contributed by atoms with E-state index in [1.54, 1.807) is 0 Å². The van der Waals surface area contributed by atoms with E-state index in [4.69, 9.17) is 4.99 Å². The maximum atomic E-state index is 4.74. The van der Waals surface area contributed by atoms with Crippen LogP contribution >= 0.6 is 11.8 Å². The van der Waals surface area contributed by atoms with Crippen LogP contribution in [0.5, 0.6) is 0 Å². The van der Waals surface area contributed by atoms with Gasteiger partial charge in [0.05, 0.1) is 0 Å². The predicted octanol–water partition coefficient (Wildman–Crippen LogP) is 3.28. The Morgan fingerprint density at radius 2 is 2.00 bits per heavy atom. The molecule has 1 saturated carbocycles. The van der Waals surface area contributed by atoms with Gasteiger partial charge < -0.3 is 5.32 Å². The van der Waals surface area contributed by atoms with Gasteiger partial charge in [-0.05, 0) is 30.6 Å². The third-order valence-corrected chi connectivity index (χ3v) is 5.59. The van der Waals surface area contributed by atoms with Crippen molar-refractivity contribution in [3.8, 4) is 0 Å². The third kappa shape index (κ3) is 2.39. The zero-order chi connectivity index (χ0) is 11.8. The van der Waals surface area contributed by atoms with Crippen molar-refractivity contribution in [2.24, 2.45) is 16.3 Å². The maximum absolute atomic E-state index is 4.74. The van der Waals surface area contributed by atoms with Gasteiger partial charge in [0, 0.05) is 17.8 Å². The van der Waals surface area contributed by atoms with Crippen molar-refractivity contribution >= 4 is 16.9 Å². The molecule has 3 heteroatoms. The highest BCUT2D eigenvalue weighted by Crippen LogP contribution is 2.51. The van der Waals surface area contributed by atoms with Gasteiger partial charge in [0.25, 0.3) is 0 Å². The third-order valence-electron chi connectivity index (χ3n) is 4.38. The van der Waals surface area contributed by atoms with Gasteiger partial charge in [-0.1, -0.05) is 39.5 Å². The number of aliphatic imine (C=N–C) groups is 1. The largest absolute Gasteiger partial charge is 0.359 e. The molecule has 0 aromatic carbocycles. The number of rotatable bonds is 4. The molecule has 0 aromatic rings. The SMILES string of the molecule is CCC1(CC)CSC(=NCC2CC2(C)C)N1. The molecule has 1 aliphatic heterocycles. The van der Waals surface area contributed by atoms with E-state index in [1.807, 2.05) is 11.8 Å². The second-order valence-electron chi connectivity index (χ2n) is 5.94. The summed E-state index contributed by atoms with van der Waals surface area (Å²) >= 11 is 1.91. The smallest absolute Gasteiger partial charge is 0.157 e. The first kappa shape index (κ1) is 12.3. The van der Waals surface area contributed by atoms with E-state index < -0.39 is 0 Å². The van der Waals surface area contributed by atoms with Gasteiger partial charge in [-0.25, -0.2) is 0 Å². The van der Waals surface area contributed by atoms with Gasteiger partial charge in [0.15, 0.2) is 5.17 Å². The van der Waals surface area contributed by atoms with E-state index in [0.717, 1.165) is 12.5 Å². The summed E-state index contributed by atoms with van der Waals surface area (Å²) in [5.74, 6) is 2.01. The van der Waals surface area contributed by atoms with Crippen molar-refractivity contribution in [1.29, 1.82) is 0 Å². The van der Waals surface area contributed by atoms with Crippen LogP contribution in [0, 0.1) is 11.3 Å². The van der Waals surface area contributed by atoms with Gasteiger partial charge in [-0.2, -0.15) is 0 Å². The van der Waals surface area contributed by atoms with Crippen molar-refractivity contribution in [2.75, 3.05) is 12.3 Å². The summed E-state index contributed by atoms with van der Waals surface area (Å²) in [5.41, 5.74) is 0.877. The van der Waals surface area contributed by atoms with E-state index in [2.05, 4.69) is 33.0 Å². The molecule has 0 spiro atoms. The van der Waals surface area contributed by atoms with E-state index in [9.17, 15) is 0 Å². The van der Waals surface area contributed by atoms with Crippen LogP contribution in [0.3, 0.4) is 0 Å². The summed E-state index contributed by atoms with van der Waals surface area (Å²) < 4.78 is 0. The number of hydrogen-bond donors (Lipinski definition) is 1. The molecule has 0 radical (unpaired) electrons. The molecule has 16 heavy (non-hydrogen) atoms. The van der Waals surface area contributed by atoms with Crippen LogP contribution in [-0.4, -0.2) is 23.0 Å². The summed E-state index contributed by atoms with van der Waals surface area (Å²) in [7, 11) is 0. The second kappa shape index (κ2) is 4.25. The fraction of sp³-hybridized carbons (Fsp3) is 0.923. The Morgan fingerprint density at radius 1 is 1.38 bits per heavy atom.